The second kappa shape index (κ2) is 7.91. The van der Waals surface area contributed by atoms with Gasteiger partial charge in [0.25, 0.3) is 0 Å². The van der Waals surface area contributed by atoms with Crippen LogP contribution in [0.15, 0.2) is 58.3 Å². The van der Waals surface area contributed by atoms with Crippen LogP contribution < -0.4 is 5.14 Å². The van der Waals surface area contributed by atoms with E-state index in [4.69, 9.17) is 5.14 Å². The molecule has 2 rings (SSSR count). The predicted octanol–water partition coefficient (Wildman–Crippen LogP) is 3.53. The summed E-state index contributed by atoms with van der Waals surface area (Å²) in [5.41, 5.74) is -0.0100. The van der Waals surface area contributed by atoms with Gasteiger partial charge in [-0.1, -0.05) is 50.6 Å². The number of thioether (sulfide) groups is 1. The van der Waals surface area contributed by atoms with Crippen LogP contribution in [0.3, 0.4) is 0 Å². The van der Waals surface area contributed by atoms with E-state index in [2.05, 4.69) is 0 Å². The first kappa shape index (κ1) is 20.0. The van der Waals surface area contributed by atoms with Gasteiger partial charge in [-0.15, -0.1) is 11.8 Å². The molecule has 0 radical (unpaired) electrons. The van der Waals surface area contributed by atoms with Crippen LogP contribution in [-0.2, 0) is 22.0 Å². The van der Waals surface area contributed by atoms with Crippen LogP contribution in [0.25, 0.3) is 0 Å². The zero-order valence-corrected chi connectivity index (χ0v) is 16.4. The number of benzene rings is 2. The van der Waals surface area contributed by atoms with Gasteiger partial charge in [-0.05, 0) is 35.9 Å². The van der Waals surface area contributed by atoms with Gasteiger partial charge >= 0.3 is 0 Å². The zero-order chi connectivity index (χ0) is 18.7. The highest BCUT2D eigenvalue weighted by Gasteiger charge is 2.38. The average Bonchev–Trinajstić information content (AvgIpc) is 2.60. The number of sulfonamides is 1. The summed E-state index contributed by atoms with van der Waals surface area (Å²) in [7, 11) is -3.92. The van der Waals surface area contributed by atoms with Gasteiger partial charge in [0.1, 0.15) is 0 Å². The molecule has 0 amide bonds. The van der Waals surface area contributed by atoms with E-state index in [1.54, 1.807) is 30.0 Å². The summed E-state index contributed by atoms with van der Waals surface area (Å²) in [6, 6.07) is 14.4. The first-order chi connectivity index (χ1) is 11.7. The molecule has 0 aromatic heterocycles. The summed E-state index contributed by atoms with van der Waals surface area (Å²) in [5, 5.41) is 16.9. The quantitative estimate of drug-likeness (QED) is 0.721. The molecule has 0 spiro atoms. The second-order valence-electron chi connectivity index (χ2n) is 6.30. The molecule has 6 heteroatoms. The molecule has 0 saturated heterocycles. The van der Waals surface area contributed by atoms with E-state index in [0.29, 0.717) is 18.4 Å². The summed E-state index contributed by atoms with van der Waals surface area (Å²) in [6.45, 7) is 3.90. The molecule has 2 unspecified atom stereocenters. The first-order valence-electron chi connectivity index (χ1n) is 8.20. The highest BCUT2D eigenvalue weighted by Crippen LogP contribution is 2.38. The van der Waals surface area contributed by atoms with Crippen molar-refractivity contribution in [1.82, 2.24) is 0 Å². The highest BCUT2D eigenvalue weighted by molar-refractivity contribution is 7.98. The van der Waals surface area contributed by atoms with Crippen molar-refractivity contribution < 1.29 is 13.5 Å². The van der Waals surface area contributed by atoms with E-state index in [-0.39, 0.29) is 10.8 Å². The van der Waals surface area contributed by atoms with Crippen molar-refractivity contribution in [2.75, 3.05) is 6.26 Å². The molecule has 2 atom stereocenters. The van der Waals surface area contributed by atoms with E-state index in [9.17, 15) is 13.5 Å². The van der Waals surface area contributed by atoms with Crippen molar-refractivity contribution in [3.05, 3.63) is 59.7 Å². The molecule has 0 heterocycles. The maximum absolute atomic E-state index is 12.0. The van der Waals surface area contributed by atoms with Crippen molar-refractivity contribution in [2.45, 2.75) is 42.1 Å². The molecule has 136 valence electrons. The van der Waals surface area contributed by atoms with Crippen LogP contribution in [0.5, 0.6) is 0 Å². The van der Waals surface area contributed by atoms with E-state index < -0.39 is 15.6 Å². The maximum atomic E-state index is 12.0. The first-order valence-corrected chi connectivity index (χ1v) is 11.0. The molecule has 0 aliphatic carbocycles. The molecule has 0 bridgehead atoms. The molecule has 4 nitrogen and oxygen atoms in total. The molecule has 0 saturated carbocycles. The van der Waals surface area contributed by atoms with Crippen molar-refractivity contribution in [1.29, 1.82) is 0 Å². The number of hydrogen-bond donors (Lipinski definition) is 2. The average molecular weight is 380 g/mol. The van der Waals surface area contributed by atoms with E-state index in [1.165, 1.54) is 6.07 Å². The third-order valence-electron chi connectivity index (χ3n) is 4.72. The molecule has 0 fully saturated rings. The Kier molecular flexibility index (Phi) is 6.32. The van der Waals surface area contributed by atoms with Gasteiger partial charge < -0.3 is 5.11 Å². The minimum absolute atomic E-state index is 0.0152. The highest BCUT2D eigenvalue weighted by atomic mass is 32.2. The molecule has 0 aliphatic heterocycles. The lowest BCUT2D eigenvalue weighted by Gasteiger charge is -2.35. The Labute approximate surface area is 154 Å². The van der Waals surface area contributed by atoms with Crippen molar-refractivity contribution in [3.8, 4) is 0 Å². The third kappa shape index (κ3) is 4.44. The van der Waals surface area contributed by atoms with E-state index >= 15 is 0 Å². The lowest BCUT2D eigenvalue weighted by Crippen LogP contribution is -2.37. The standard InChI is InChI=1S/C19H25NO3S2/c1-4-14(2)19(21,13-15-9-11-16(24-3)12-10-15)17-7-5-6-8-18(17)25(20,22)23/h5-12,14,21H,4,13H2,1-3H3,(H2,20,22,23). The number of rotatable bonds is 7. The fraction of sp³-hybridized carbons (Fsp3) is 0.368. The number of aliphatic hydroxyl groups is 1. The van der Waals surface area contributed by atoms with Crippen molar-refractivity contribution >= 4 is 21.8 Å². The Morgan fingerprint density at radius 2 is 1.76 bits per heavy atom. The number of nitrogens with two attached hydrogens (primary N) is 1. The Morgan fingerprint density at radius 1 is 1.16 bits per heavy atom. The Bertz CT molecular complexity index is 819. The van der Waals surface area contributed by atoms with Crippen LogP contribution in [-0.4, -0.2) is 19.8 Å². The number of primary sulfonamides is 1. The lowest BCUT2D eigenvalue weighted by atomic mass is 9.76. The van der Waals surface area contributed by atoms with Gasteiger partial charge in [-0.25, -0.2) is 13.6 Å². The van der Waals surface area contributed by atoms with E-state index in [1.807, 2.05) is 44.4 Å². The lowest BCUT2D eigenvalue weighted by molar-refractivity contribution is -0.0211. The Balaban J connectivity index is 2.55. The molecule has 2 aromatic rings. The minimum Gasteiger partial charge on any atom is -0.384 e. The van der Waals surface area contributed by atoms with Crippen molar-refractivity contribution in [2.24, 2.45) is 11.1 Å². The monoisotopic (exact) mass is 379 g/mol. The van der Waals surface area contributed by atoms with Gasteiger partial charge in [0.2, 0.25) is 10.0 Å². The smallest absolute Gasteiger partial charge is 0.238 e. The molecule has 0 aliphatic rings. The van der Waals surface area contributed by atoms with Crippen LogP contribution in [0.2, 0.25) is 0 Å². The van der Waals surface area contributed by atoms with Crippen LogP contribution in [0.1, 0.15) is 31.4 Å². The summed E-state index contributed by atoms with van der Waals surface area (Å²) >= 11 is 1.65. The number of hydrogen-bond acceptors (Lipinski definition) is 4. The molecule has 2 aromatic carbocycles. The minimum atomic E-state index is -3.92. The summed E-state index contributed by atoms with van der Waals surface area (Å²) < 4.78 is 24.0. The third-order valence-corrected chi connectivity index (χ3v) is 6.43. The van der Waals surface area contributed by atoms with Crippen molar-refractivity contribution in [3.63, 3.8) is 0 Å². The van der Waals surface area contributed by atoms with Crippen LogP contribution in [0, 0.1) is 5.92 Å². The molecule has 25 heavy (non-hydrogen) atoms. The molecular formula is C19H25NO3S2. The SMILES string of the molecule is CCC(C)C(O)(Cc1ccc(SC)cc1)c1ccccc1S(N)(=O)=O. The van der Waals surface area contributed by atoms with Crippen LogP contribution >= 0.6 is 11.8 Å². The summed E-state index contributed by atoms with van der Waals surface area (Å²) in [6.07, 6.45) is 3.04. The molecular weight excluding hydrogens is 354 g/mol. The fourth-order valence-electron chi connectivity index (χ4n) is 3.00. The van der Waals surface area contributed by atoms with Gasteiger partial charge in [-0.2, -0.15) is 0 Å². The summed E-state index contributed by atoms with van der Waals surface area (Å²) in [4.78, 5) is 1.12. The Morgan fingerprint density at radius 3 is 2.28 bits per heavy atom. The normalized spacial score (nSPS) is 15.6. The van der Waals surface area contributed by atoms with Gasteiger partial charge in [0, 0.05) is 16.9 Å². The Hall–Kier alpha value is -1.34. The fourth-order valence-corrected chi connectivity index (χ4v) is 4.23. The largest absolute Gasteiger partial charge is 0.384 e. The van der Waals surface area contributed by atoms with Gasteiger partial charge in [0.15, 0.2) is 0 Å². The van der Waals surface area contributed by atoms with E-state index in [0.717, 1.165) is 10.5 Å². The molecule has 3 N–H and O–H groups in total. The zero-order valence-electron chi connectivity index (χ0n) is 14.8. The maximum Gasteiger partial charge on any atom is 0.238 e. The summed E-state index contributed by atoms with van der Waals surface area (Å²) in [5.74, 6) is -0.143. The van der Waals surface area contributed by atoms with Gasteiger partial charge in [0.05, 0.1) is 10.5 Å². The van der Waals surface area contributed by atoms with Gasteiger partial charge in [-0.3, -0.25) is 0 Å². The van der Waals surface area contributed by atoms with Crippen LogP contribution in [0.4, 0.5) is 0 Å². The topological polar surface area (TPSA) is 80.4 Å². The predicted molar refractivity (Wildman–Crippen MR) is 103 cm³/mol. The second-order valence-corrected chi connectivity index (χ2v) is 8.71.